The fraction of sp³-hybridized carbons (Fsp3) is 0.741. The number of amides is 1. The van der Waals surface area contributed by atoms with Crippen LogP contribution in [0.3, 0.4) is 0 Å². The molecule has 6 heteroatoms. The molecule has 1 amide bonds. The summed E-state index contributed by atoms with van der Waals surface area (Å²) in [6, 6.07) is -0.735. The number of unbranched alkanes of at least 4 members (excludes halogenated alkanes) is 21. The molecule has 0 radical (unpaired) electrons. The third-order valence-electron chi connectivity index (χ3n) is 11.0. The summed E-state index contributed by atoms with van der Waals surface area (Å²) in [6.07, 6.45) is 59.7. The molecule has 0 aromatic rings. The van der Waals surface area contributed by atoms with E-state index in [1.54, 1.807) is 0 Å². The number of aliphatic hydroxyl groups is 2. The van der Waals surface area contributed by atoms with E-state index in [0.717, 1.165) is 77.0 Å². The van der Waals surface area contributed by atoms with Crippen LogP contribution < -0.4 is 5.32 Å². The third kappa shape index (κ3) is 42.0. The highest BCUT2D eigenvalue weighted by molar-refractivity contribution is 5.77. The normalized spacial score (nSPS) is 13.9. The Morgan fingerprint density at radius 2 is 0.933 bits per heavy atom. The number of carbonyl (C=O) groups excluding carboxylic acids is 2. The van der Waals surface area contributed by atoms with Crippen LogP contribution in [-0.2, 0) is 14.3 Å². The molecule has 0 aliphatic carbocycles. The molecule has 0 aliphatic rings. The van der Waals surface area contributed by atoms with Gasteiger partial charge in [-0.3, -0.25) is 9.59 Å². The van der Waals surface area contributed by atoms with E-state index in [4.69, 9.17) is 4.74 Å². The van der Waals surface area contributed by atoms with Gasteiger partial charge in [0.05, 0.1) is 25.2 Å². The maximum atomic E-state index is 13.2. The van der Waals surface area contributed by atoms with Crippen LogP contribution in [0.25, 0.3) is 0 Å². The summed E-state index contributed by atoms with van der Waals surface area (Å²) in [7, 11) is 0. The molecule has 0 rings (SSSR count). The molecule has 0 fully saturated rings. The van der Waals surface area contributed by atoms with E-state index >= 15 is 0 Å². The molecule has 0 aliphatic heterocycles. The van der Waals surface area contributed by atoms with Crippen molar-refractivity contribution in [2.75, 3.05) is 6.61 Å². The van der Waals surface area contributed by atoms with E-state index in [1.165, 1.54) is 109 Å². The first-order valence-electron chi connectivity index (χ1n) is 25.2. The third-order valence-corrected chi connectivity index (χ3v) is 11.0. The molecule has 3 atom stereocenters. The highest BCUT2D eigenvalue weighted by atomic mass is 16.5. The summed E-state index contributed by atoms with van der Waals surface area (Å²) in [6.45, 7) is 6.31. The van der Waals surface area contributed by atoms with Crippen molar-refractivity contribution in [2.24, 2.45) is 0 Å². The molecule has 0 spiro atoms. The Hall–Kier alpha value is -2.70. The Kier molecular flexibility index (Phi) is 45.2. The number of carbonyl (C=O) groups is 2. The van der Waals surface area contributed by atoms with Gasteiger partial charge in [0.1, 0.15) is 6.10 Å². The van der Waals surface area contributed by atoms with Crippen molar-refractivity contribution >= 4 is 11.9 Å². The van der Waals surface area contributed by atoms with Crippen LogP contribution in [0.2, 0.25) is 0 Å². The van der Waals surface area contributed by atoms with E-state index in [-0.39, 0.29) is 24.9 Å². The minimum absolute atomic E-state index is 0.00586. The van der Waals surface area contributed by atoms with Gasteiger partial charge in [-0.1, -0.05) is 216 Å². The highest BCUT2D eigenvalue weighted by Crippen LogP contribution is 2.16. The standard InChI is InChI=1S/C54H95NO5/c1-4-7-10-13-16-19-22-25-27-28-30-33-36-39-42-45-50(60-54(59)47-44-41-38-35-32-24-21-18-15-12-9-6-3)48-53(58)55-51(49-56)52(57)46-43-40-37-34-31-29-26-23-20-17-14-11-8-5-2/h7,10,16,18-19,21,25,27,30,33,39,42,50-52,56-57H,4-6,8-9,11-15,17,20,22-24,26,28-29,31-32,34-38,40-41,43-49H2,1-3H3,(H,55,58)/b10-7-,19-16-,21-18-,27-25-,33-30-,42-39-. The number of rotatable bonds is 44. The van der Waals surface area contributed by atoms with Gasteiger partial charge >= 0.3 is 5.97 Å². The SMILES string of the molecule is CC/C=C\C/C=C\C/C=C\C/C=C\C/C=C\CC(CC(=O)NC(CO)C(O)CCCCCCCCCCCCCCCC)OC(=O)CCCCCCC/C=C\CCCCC. The second-order valence-corrected chi connectivity index (χ2v) is 16.8. The Labute approximate surface area is 371 Å². The lowest BCUT2D eigenvalue weighted by molar-refractivity contribution is -0.150. The van der Waals surface area contributed by atoms with Crippen LogP contribution in [0, 0.1) is 0 Å². The second-order valence-electron chi connectivity index (χ2n) is 16.8. The lowest BCUT2D eigenvalue weighted by atomic mass is 10.0. The quantitative estimate of drug-likeness (QED) is 0.0323. The Balaban J connectivity index is 4.73. The average molecular weight is 838 g/mol. The van der Waals surface area contributed by atoms with Crippen molar-refractivity contribution in [3.8, 4) is 0 Å². The minimum Gasteiger partial charge on any atom is -0.461 e. The van der Waals surface area contributed by atoms with Crippen molar-refractivity contribution in [1.29, 1.82) is 0 Å². The van der Waals surface area contributed by atoms with Gasteiger partial charge in [-0.25, -0.2) is 0 Å². The number of hydrogen-bond donors (Lipinski definition) is 3. The van der Waals surface area contributed by atoms with Crippen LogP contribution in [0.4, 0.5) is 0 Å². The van der Waals surface area contributed by atoms with Gasteiger partial charge in [0.2, 0.25) is 5.91 Å². The molecular weight excluding hydrogens is 743 g/mol. The zero-order valence-corrected chi connectivity index (χ0v) is 39.3. The fourth-order valence-electron chi connectivity index (χ4n) is 7.21. The van der Waals surface area contributed by atoms with Crippen molar-refractivity contribution in [1.82, 2.24) is 5.32 Å². The zero-order valence-electron chi connectivity index (χ0n) is 39.3. The van der Waals surface area contributed by atoms with Crippen LogP contribution in [-0.4, -0.2) is 46.9 Å². The molecule has 0 heterocycles. The van der Waals surface area contributed by atoms with Gasteiger partial charge in [-0.15, -0.1) is 0 Å². The molecule has 6 nitrogen and oxygen atoms in total. The summed E-state index contributed by atoms with van der Waals surface area (Å²) in [4.78, 5) is 26.0. The molecule has 0 bridgehead atoms. The summed E-state index contributed by atoms with van der Waals surface area (Å²) in [5.41, 5.74) is 0. The number of allylic oxidation sites excluding steroid dienone is 11. The molecule has 3 unspecified atom stereocenters. The fourth-order valence-corrected chi connectivity index (χ4v) is 7.21. The van der Waals surface area contributed by atoms with Crippen molar-refractivity contribution < 1.29 is 24.5 Å². The Bertz CT molecular complexity index is 1120. The van der Waals surface area contributed by atoms with E-state index in [2.05, 4.69) is 86.8 Å². The highest BCUT2D eigenvalue weighted by Gasteiger charge is 2.23. The largest absolute Gasteiger partial charge is 0.461 e. The minimum atomic E-state index is -0.815. The van der Waals surface area contributed by atoms with Gasteiger partial charge in [0, 0.05) is 12.8 Å². The van der Waals surface area contributed by atoms with E-state index in [9.17, 15) is 19.8 Å². The topological polar surface area (TPSA) is 95.9 Å². The van der Waals surface area contributed by atoms with Crippen molar-refractivity contribution in [3.05, 3.63) is 72.9 Å². The van der Waals surface area contributed by atoms with Gasteiger partial charge < -0.3 is 20.3 Å². The van der Waals surface area contributed by atoms with Crippen LogP contribution >= 0.6 is 0 Å². The first-order valence-corrected chi connectivity index (χ1v) is 25.2. The molecule has 60 heavy (non-hydrogen) atoms. The predicted molar refractivity (Wildman–Crippen MR) is 259 cm³/mol. The monoisotopic (exact) mass is 838 g/mol. The number of aliphatic hydroxyl groups excluding tert-OH is 2. The maximum Gasteiger partial charge on any atom is 0.306 e. The average Bonchev–Trinajstić information content (AvgIpc) is 3.24. The van der Waals surface area contributed by atoms with Gasteiger partial charge in [-0.2, -0.15) is 0 Å². The molecular formula is C54H95NO5. The lowest BCUT2D eigenvalue weighted by Crippen LogP contribution is -2.46. The Morgan fingerprint density at radius 1 is 0.517 bits per heavy atom. The van der Waals surface area contributed by atoms with Crippen LogP contribution in [0.5, 0.6) is 0 Å². The van der Waals surface area contributed by atoms with E-state index in [0.29, 0.717) is 19.3 Å². The lowest BCUT2D eigenvalue weighted by Gasteiger charge is -2.24. The molecule has 0 aromatic heterocycles. The first kappa shape index (κ1) is 57.3. The molecule has 346 valence electrons. The van der Waals surface area contributed by atoms with Crippen LogP contribution in [0.1, 0.15) is 233 Å². The summed E-state index contributed by atoms with van der Waals surface area (Å²) < 4.78 is 5.85. The number of esters is 1. The molecule has 0 aromatic carbocycles. The smallest absolute Gasteiger partial charge is 0.306 e. The maximum absolute atomic E-state index is 13.2. The number of nitrogens with one attached hydrogen (secondary N) is 1. The van der Waals surface area contributed by atoms with Gasteiger partial charge in [0.15, 0.2) is 0 Å². The first-order chi connectivity index (χ1) is 29.5. The van der Waals surface area contributed by atoms with Crippen LogP contribution in [0.15, 0.2) is 72.9 Å². The molecule has 0 saturated heterocycles. The van der Waals surface area contributed by atoms with E-state index < -0.39 is 18.2 Å². The van der Waals surface area contributed by atoms with Crippen molar-refractivity contribution in [2.45, 2.75) is 251 Å². The summed E-state index contributed by atoms with van der Waals surface area (Å²) >= 11 is 0. The predicted octanol–water partition coefficient (Wildman–Crippen LogP) is 15.0. The number of hydrogen-bond acceptors (Lipinski definition) is 5. The van der Waals surface area contributed by atoms with E-state index in [1.807, 2.05) is 12.2 Å². The van der Waals surface area contributed by atoms with Gasteiger partial charge in [0.25, 0.3) is 0 Å². The Morgan fingerprint density at radius 3 is 1.43 bits per heavy atom. The zero-order chi connectivity index (χ0) is 43.8. The molecule has 0 saturated carbocycles. The van der Waals surface area contributed by atoms with Gasteiger partial charge in [-0.05, 0) is 70.6 Å². The number of ether oxygens (including phenoxy) is 1. The molecule has 3 N–H and O–H groups in total. The summed E-state index contributed by atoms with van der Waals surface area (Å²) in [5.74, 6) is -0.592. The van der Waals surface area contributed by atoms with Crippen molar-refractivity contribution in [3.63, 3.8) is 0 Å². The second kappa shape index (κ2) is 47.4. The summed E-state index contributed by atoms with van der Waals surface area (Å²) in [5, 5.41) is 23.7.